The highest BCUT2D eigenvalue weighted by atomic mass is 35.5. The van der Waals surface area contributed by atoms with Crippen LogP contribution < -0.4 is 14.4 Å². The number of benzene rings is 2. The summed E-state index contributed by atoms with van der Waals surface area (Å²) in [7, 11) is -3.74. The van der Waals surface area contributed by atoms with Crippen molar-refractivity contribution in [2.75, 3.05) is 23.7 Å². The summed E-state index contributed by atoms with van der Waals surface area (Å²) < 4.78 is 30.6. The van der Waals surface area contributed by atoms with Crippen molar-refractivity contribution < 1.29 is 17.9 Å². The number of anilines is 1. The van der Waals surface area contributed by atoms with Crippen LogP contribution in [0.25, 0.3) is 0 Å². The smallest absolute Gasteiger partial charge is 0.241 e. The van der Waals surface area contributed by atoms with Crippen LogP contribution in [0.5, 0.6) is 5.75 Å². The van der Waals surface area contributed by atoms with E-state index < -0.39 is 22.5 Å². The number of hydrogen-bond donors (Lipinski definition) is 1. The summed E-state index contributed by atoms with van der Waals surface area (Å²) in [6, 6.07) is 11.7. The zero-order chi connectivity index (χ0) is 20.0. The minimum absolute atomic E-state index is 0.153. The number of carbonyl (C=O) groups is 1. The highest BCUT2D eigenvalue weighted by Crippen LogP contribution is 2.30. The summed E-state index contributed by atoms with van der Waals surface area (Å²) >= 11 is 12.0. The highest BCUT2D eigenvalue weighted by molar-refractivity contribution is 7.92. The Labute approximate surface area is 169 Å². The molecule has 0 saturated carbocycles. The third kappa shape index (κ3) is 6.30. The van der Waals surface area contributed by atoms with Crippen LogP contribution in [-0.4, -0.2) is 33.7 Å². The molecule has 0 atom stereocenters. The first kappa shape index (κ1) is 21.3. The Kier molecular flexibility index (Phi) is 7.35. The van der Waals surface area contributed by atoms with Gasteiger partial charge in [0.25, 0.3) is 0 Å². The predicted molar refractivity (Wildman–Crippen MR) is 108 cm³/mol. The van der Waals surface area contributed by atoms with Crippen LogP contribution in [-0.2, 0) is 21.4 Å². The monoisotopic (exact) mass is 430 g/mol. The van der Waals surface area contributed by atoms with Crippen molar-refractivity contribution in [3.63, 3.8) is 0 Å². The molecule has 2 aromatic rings. The van der Waals surface area contributed by atoms with Crippen molar-refractivity contribution in [2.45, 2.75) is 13.5 Å². The van der Waals surface area contributed by atoms with Crippen LogP contribution in [0.2, 0.25) is 10.0 Å². The van der Waals surface area contributed by atoms with Gasteiger partial charge in [0.05, 0.1) is 23.6 Å². The van der Waals surface area contributed by atoms with Crippen LogP contribution in [0.15, 0.2) is 42.5 Å². The lowest BCUT2D eigenvalue weighted by Gasteiger charge is -2.23. The molecule has 146 valence electrons. The van der Waals surface area contributed by atoms with Crippen molar-refractivity contribution in [3.05, 3.63) is 58.1 Å². The number of hydrogen-bond acceptors (Lipinski definition) is 4. The molecule has 0 bridgehead atoms. The summed E-state index contributed by atoms with van der Waals surface area (Å²) in [5.41, 5.74) is 0.987. The van der Waals surface area contributed by atoms with Crippen LogP contribution >= 0.6 is 23.2 Å². The lowest BCUT2D eigenvalue weighted by molar-refractivity contribution is -0.119. The zero-order valence-corrected chi connectivity index (χ0v) is 17.2. The summed E-state index contributed by atoms with van der Waals surface area (Å²) in [6.45, 7) is 2.25. The van der Waals surface area contributed by atoms with E-state index in [1.165, 1.54) is 12.1 Å². The number of nitrogens with zero attached hydrogens (tertiary/aromatic N) is 1. The number of amides is 1. The molecule has 0 saturated heterocycles. The Morgan fingerprint density at radius 2 is 1.93 bits per heavy atom. The maximum absolute atomic E-state index is 12.3. The number of carbonyl (C=O) groups excluding carboxylic acids is 1. The normalized spacial score (nSPS) is 11.1. The van der Waals surface area contributed by atoms with Crippen molar-refractivity contribution in [1.82, 2.24) is 5.32 Å². The molecule has 2 aromatic carbocycles. The average Bonchev–Trinajstić information content (AvgIpc) is 2.60. The third-order valence-corrected chi connectivity index (χ3v) is 5.24. The zero-order valence-electron chi connectivity index (χ0n) is 14.9. The molecule has 9 heteroatoms. The topological polar surface area (TPSA) is 75.7 Å². The lowest BCUT2D eigenvalue weighted by atomic mass is 10.2. The molecule has 0 aliphatic heterocycles. The Morgan fingerprint density at radius 1 is 1.19 bits per heavy atom. The molecule has 0 unspecified atom stereocenters. The van der Waals surface area contributed by atoms with Gasteiger partial charge < -0.3 is 10.1 Å². The molecule has 0 fully saturated rings. The Bertz CT molecular complexity index is 919. The fourth-order valence-corrected chi connectivity index (χ4v) is 3.65. The third-order valence-electron chi connectivity index (χ3n) is 3.56. The fraction of sp³-hybridized carbons (Fsp3) is 0.278. The highest BCUT2D eigenvalue weighted by Gasteiger charge is 2.23. The summed E-state index contributed by atoms with van der Waals surface area (Å²) in [5, 5.41) is 3.20. The van der Waals surface area contributed by atoms with Gasteiger partial charge in [-0.05, 0) is 42.8 Å². The predicted octanol–water partition coefficient (Wildman–Crippen LogP) is 3.47. The van der Waals surface area contributed by atoms with Gasteiger partial charge in [0.15, 0.2) is 0 Å². The molecular weight excluding hydrogens is 411 g/mol. The average molecular weight is 431 g/mol. The molecule has 6 nitrogen and oxygen atoms in total. The minimum atomic E-state index is -3.74. The van der Waals surface area contributed by atoms with E-state index in [1.54, 1.807) is 6.07 Å². The maximum atomic E-state index is 12.3. The number of nitrogens with one attached hydrogen (secondary N) is 1. The molecule has 0 aromatic heterocycles. The van der Waals surface area contributed by atoms with Crippen LogP contribution in [0.4, 0.5) is 5.69 Å². The molecule has 2 rings (SSSR count). The van der Waals surface area contributed by atoms with Gasteiger partial charge in [-0.15, -0.1) is 0 Å². The van der Waals surface area contributed by atoms with Crippen molar-refractivity contribution in [3.8, 4) is 5.75 Å². The molecule has 0 spiro atoms. The second-order valence-corrected chi connectivity index (χ2v) is 8.47. The standard InChI is InChI=1S/C18H20Cl2N2O4S/c1-3-26-15-6-4-5-13(9-15)11-21-18(23)12-22(27(2,24)25)17-10-14(19)7-8-16(17)20/h4-10H,3,11-12H2,1-2H3,(H,21,23). The van der Waals surface area contributed by atoms with Gasteiger partial charge in [-0.3, -0.25) is 9.10 Å². The van der Waals surface area contributed by atoms with E-state index in [2.05, 4.69) is 5.32 Å². The van der Waals surface area contributed by atoms with Crippen LogP contribution in [0.1, 0.15) is 12.5 Å². The summed E-state index contributed by atoms with van der Waals surface area (Å²) in [6.07, 6.45) is 1.00. The fourth-order valence-electron chi connectivity index (χ4n) is 2.36. The van der Waals surface area contributed by atoms with Gasteiger partial charge in [0, 0.05) is 11.6 Å². The number of halogens is 2. The number of rotatable bonds is 8. The molecule has 0 aliphatic carbocycles. The maximum Gasteiger partial charge on any atom is 0.241 e. The lowest BCUT2D eigenvalue weighted by Crippen LogP contribution is -2.40. The molecule has 0 aliphatic rings. The van der Waals surface area contributed by atoms with E-state index in [4.69, 9.17) is 27.9 Å². The van der Waals surface area contributed by atoms with Gasteiger partial charge >= 0.3 is 0 Å². The van der Waals surface area contributed by atoms with Crippen LogP contribution in [0.3, 0.4) is 0 Å². The Morgan fingerprint density at radius 3 is 2.59 bits per heavy atom. The quantitative estimate of drug-likeness (QED) is 0.695. The first-order valence-electron chi connectivity index (χ1n) is 8.12. The van der Waals surface area contributed by atoms with E-state index in [0.29, 0.717) is 17.4 Å². The first-order chi connectivity index (χ1) is 12.7. The van der Waals surface area contributed by atoms with Gasteiger partial charge in [0.2, 0.25) is 15.9 Å². The number of ether oxygens (including phenoxy) is 1. The second kappa shape index (κ2) is 9.30. The largest absolute Gasteiger partial charge is 0.494 e. The van der Waals surface area contributed by atoms with E-state index in [-0.39, 0.29) is 17.3 Å². The van der Waals surface area contributed by atoms with Crippen molar-refractivity contribution in [1.29, 1.82) is 0 Å². The van der Waals surface area contributed by atoms with E-state index in [1.807, 2.05) is 31.2 Å². The van der Waals surface area contributed by atoms with E-state index in [9.17, 15) is 13.2 Å². The van der Waals surface area contributed by atoms with Crippen molar-refractivity contribution >= 4 is 44.8 Å². The Balaban J connectivity index is 2.11. The minimum Gasteiger partial charge on any atom is -0.494 e. The van der Waals surface area contributed by atoms with Gasteiger partial charge in [-0.2, -0.15) is 0 Å². The van der Waals surface area contributed by atoms with Crippen molar-refractivity contribution in [2.24, 2.45) is 0 Å². The van der Waals surface area contributed by atoms with E-state index in [0.717, 1.165) is 16.1 Å². The molecule has 0 heterocycles. The van der Waals surface area contributed by atoms with Crippen LogP contribution in [0, 0.1) is 0 Å². The van der Waals surface area contributed by atoms with Gasteiger partial charge in [-0.25, -0.2) is 8.42 Å². The molecule has 1 amide bonds. The van der Waals surface area contributed by atoms with E-state index >= 15 is 0 Å². The molecule has 0 radical (unpaired) electrons. The SMILES string of the molecule is CCOc1cccc(CNC(=O)CN(c2cc(Cl)ccc2Cl)S(C)(=O)=O)c1. The molecule has 1 N–H and O–H groups in total. The number of sulfonamides is 1. The summed E-state index contributed by atoms with van der Waals surface area (Å²) in [4.78, 5) is 12.3. The first-order valence-corrected chi connectivity index (χ1v) is 10.7. The molecule has 27 heavy (non-hydrogen) atoms. The van der Waals surface area contributed by atoms with Gasteiger partial charge in [0.1, 0.15) is 12.3 Å². The Hall–Kier alpha value is -1.96. The second-order valence-electron chi connectivity index (χ2n) is 5.72. The summed E-state index contributed by atoms with van der Waals surface area (Å²) in [5.74, 6) is 0.228. The van der Waals surface area contributed by atoms with Gasteiger partial charge in [-0.1, -0.05) is 35.3 Å². The molecular formula is C18H20Cl2N2O4S.